The molecule has 0 aliphatic heterocycles. The second-order valence-corrected chi connectivity index (χ2v) is 6.87. The Morgan fingerprint density at radius 1 is 0.880 bits per heavy atom. The zero-order valence-corrected chi connectivity index (χ0v) is 14.4. The van der Waals surface area contributed by atoms with Crippen LogP contribution in [0.15, 0.2) is 60.7 Å². The molecule has 0 spiro atoms. The van der Waals surface area contributed by atoms with E-state index in [2.05, 4.69) is 0 Å². The molecule has 25 heavy (non-hydrogen) atoms. The van der Waals surface area contributed by atoms with Crippen molar-refractivity contribution < 1.29 is 19.7 Å². The van der Waals surface area contributed by atoms with Crippen molar-refractivity contribution in [1.82, 2.24) is 0 Å². The highest BCUT2D eigenvalue weighted by Gasteiger charge is 2.45. The van der Waals surface area contributed by atoms with E-state index < -0.39 is 11.7 Å². The molecular formula is C21H26O4. The number of aliphatic hydroxyl groups excluding tert-OH is 1. The quantitative estimate of drug-likeness (QED) is 0.774. The minimum absolute atomic E-state index is 0.123. The highest BCUT2D eigenvalue weighted by Crippen LogP contribution is 2.36. The molecule has 0 radical (unpaired) electrons. The van der Waals surface area contributed by atoms with Gasteiger partial charge in [-0.05, 0) is 17.5 Å². The Labute approximate surface area is 149 Å². The van der Waals surface area contributed by atoms with Crippen molar-refractivity contribution in [2.45, 2.75) is 37.8 Å². The lowest BCUT2D eigenvalue weighted by Gasteiger charge is -2.29. The van der Waals surface area contributed by atoms with Crippen LogP contribution in [0.2, 0.25) is 0 Å². The monoisotopic (exact) mass is 342 g/mol. The Balaban J connectivity index is 1.49. The lowest BCUT2D eigenvalue weighted by molar-refractivity contribution is -0.0963. The first-order valence-corrected chi connectivity index (χ1v) is 8.79. The van der Waals surface area contributed by atoms with Gasteiger partial charge in [0.1, 0.15) is 0 Å². The van der Waals surface area contributed by atoms with E-state index in [4.69, 9.17) is 9.47 Å². The topological polar surface area (TPSA) is 58.9 Å². The predicted octanol–water partition coefficient (Wildman–Crippen LogP) is 2.92. The Morgan fingerprint density at radius 3 is 2.04 bits per heavy atom. The molecule has 3 rings (SSSR count). The van der Waals surface area contributed by atoms with Crippen LogP contribution in [0, 0.1) is 5.92 Å². The van der Waals surface area contributed by atoms with Crippen molar-refractivity contribution in [2.24, 2.45) is 5.92 Å². The minimum atomic E-state index is -1.04. The van der Waals surface area contributed by atoms with E-state index in [1.165, 1.54) is 0 Å². The molecule has 1 aliphatic carbocycles. The van der Waals surface area contributed by atoms with Gasteiger partial charge in [-0.3, -0.25) is 0 Å². The van der Waals surface area contributed by atoms with Crippen molar-refractivity contribution in [1.29, 1.82) is 0 Å². The fraction of sp³-hybridized carbons (Fsp3) is 0.429. The number of rotatable bonds is 8. The summed E-state index contributed by atoms with van der Waals surface area (Å²) < 4.78 is 11.5. The first-order chi connectivity index (χ1) is 12.2. The third kappa shape index (κ3) is 5.13. The first-order valence-electron chi connectivity index (χ1n) is 8.79. The van der Waals surface area contributed by atoms with Crippen molar-refractivity contribution in [3.63, 3.8) is 0 Å². The molecule has 1 fully saturated rings. The third-order valence-corrected chi connectivity index (χ3v) is 4.80. The maximum absolute atomic E-state index is 10.9. The summed E-state index contributed by atoms with van der Waals surface area (Å²) in [4.78, 5) is 0. The summed E-state index contributed by atoms with van der Waals surface area (Å²) in [5, 5.41) is 20.9. The van der Waals surface area contributed by atoms with Crippen molar-refractivity contribution in [3.05, 3.63) is 71.8 Å². The summed E-state index contributed by atoms with van der Waals surface area (Å²) in [7, 11) is 0. The first kappa shape index (κ1) is 18.1. The number of hydrogen-bond acceptors (Lipinski definition) is 4. The van der Waals surface area contributed by atoms with E-state index in [-0.39, 0.29) is 12.5 Å². The molecule has 0 aromatic heterocycles. The average Bonchev–Trinajstić information content (AvgIpc) is 2.90. The lowest BCUT2D eigenvalue weighted by atomic mass is 9.92. The van der Waals surface area contributed by atoms with Crippen molar-refractivity contribution in [3.8, 4) is 0 Å². The largest absolute Gasteiger partial charge is 0.393 e. The fourth-order valence-corrected chi connectivity index (χ4v) is 3.42. The van der Waals surface area contributed by atoms with Crippen LogP contribution in [0.3, 0.4) is 0 Å². The Hall–Kier alpha value is -1.72. The number of hydrogen-bond donors (Lipinski definition) is 2. The molecule has 2 N–H and O–H groups in total. The van der Waals surface area contributed by atoms with Gasteiger partial charge in [0.05, 0.1) is 38.1 Å². The van der Waals surface area contributed by atoms with Crippen LogP contribution in [-0.2, 0) is 22.7 Å². The summed E-state index contributed by atoms with van der Waals surface area (Å²) in [6.07, 6.45) is 0.372. The third-order valence-electron chi connectivity index (χ3n) is 4.80. The Kier molecular flexibility index (Phi) is 6.21. The lowest BCUT2D eigenvalue weighted by Crippen LogP contribution is -2.40. The van der Waals surface area contributed by atoms with Gasteiger partial charge in [-0.2, -0.15) is 0 Å². The zero-order valence-electron chi connectivity index (χ0n) is 14.4. The predicted molar refractivity (Wildman–Crippen MR) is 95.9 cm³/mol. The van der Waals surface area contributed by atoms with Gasteiger partial charge in [-0.1, -0.05) is 60.7 Å². The number of ether oxygens (including phenoxy) is 2. The van der Waals surface area contributed by atoms with Gasteiger partial charge in [0.15, 0.2) is 0 Å². The molecule has 134 valence electrons. The maximum Gasteiger partial charge on any atom is 0.0955 e. The molecular weight excluding hydrogens is 316 g/mol. The average molecular weight is 342 g/mol. The fourth-order valence-electron chi connectivity index (χ4n) is 3.42. The molecule has 2 aromatic carbocycles. The van der Waals surface area contributed by atoms with Gasteiger partial charge < -0.3 is 19.7 Å². The van der Waals surface area contributed by atoms with Gasteiger partial charge in [-0.25, -0.2) is 0 Å². The molecule has 0 amide bonds. The summed E-state index contributed by atoms with van der Waals surface area (Å²) in [6.45, 7) is 1.58. The van der Waals surface area contributed by atoms with Crippen LogP contribution < -0.4 is 0 Å². The molecule has 1 saturated carbocycles. The van der Waals surface area contributed by atoms with Gasteiger partial charge >= 0.3 is 0 Å². The SMILES string of the molecule is O[C@@H]1C[C@H](COCc2ccccc2)[C@](O)(COCc2ccccc2)C1. The molecule has 4 nitrogen and oxygen atoms in total. The molecule has 1 aliphatic rings. The Bertz CT molecular complexity index is 631. The van der Waals surface area contributed by atoms with Gasteiger partial charge in [-0.15, -0.1) is 0 Å². The van der Waals surface area contributed by atoms with E-state index in [9.17, 15) is 10.2 Å². The second-order valence-electron chi connectivity index (χ2n) is 6.87. The van der Waals surface area contributed by atoms with Crippen LogP contribution in [0.5, 0.6) is 0 Å². The summed E-state index contributed by atoms with van der Waals surface area (Å²) in [6, 6.07) is 19.8. The standard InChI is InChI=1S/C21H26O4/c22-20-11-19(15-24-13-17-7-3-1-4-8-17)21(23,12-20)16-25-14-18-9-5-2-6-10-18/h1-10,19-20,22-23H,11-16H2/t19-,20-,21-/m1/s1. The number of aliphatic hydroxyl groups is 2. The van der Waals surface area contributed by atoms with Gasteiger partial charge in [0.2, 0.25) is 0 Å². The van der Waals surface area contributed by atoms with Crippen LogP contribution in [0.1, 0.15) is 24.0 Å². The van der Waals surface area contributed by atoms with E-state index >= 15 is 0 Å². The Morgan fingerprint density at radius 2 is 1.44 bits per heavy atom. The van der Waals surface area contributed by atoms with Crippen molar-refractivity contribution in [2.75, 3.05) is 13.2 Å². The zero-order chi connectivity index (χ0) is 17.5. The van der Waals surface area contributed by atoms with E-state index in [1.807, 2.05) is 60.7 Å². The second kappa shape index (κ2) is 8.59. The van der Waals surface area contributed by atoms with Gasteiger partial charge in [0.25, 0.3) is 0 Å². The highest BCUT2D eigenvalue weighted by molar-refractivity contribution is 5.14. The van der Waals surface area contributed by atoms with Gasteiger partial charge in [0, 0.05) is 12.3 Å². The summed E-state index contributed by atoms with van der Waals surface area (Å²) in [5.41, 5.74) is 1.14. The molecule has 0 heterocycles. The van der Waals surface area contributed by atoms with E-state index in [0.29, 0.717) is 32.7 Å². The van der Waals surface area contributed by atoms with Crippen LogP contribution in [0.4, 0.5) is 0 Å². The summed E-state index contributed by atoms with van der Waals surface area (Å²) in [5.74, 6) is -0.123. The minimum Gasteiger partial charge on any atom is -0.393 e. The maximum atomic E-state index is 10.9. The van der Waals surface area contributed by atoms with Crippen LogP contribution in [0.25, 0.3) is 0 Å². The molecule has 0 saturated heterocycles. The molecule has 0 bridgehead atoms. The van der Waals surface area contributed by atoms with Crippen LogP contribution >= 0.6 is 0 Å². The summed E-state index contributed by atoms with van der Waals surface area (Å²) >= 11 is 0. The highest BCUT2D eigenvalue weighted by atomic mass is 16.5. The van der Waals surface area contributed by atoms with E-state index in [0.717, 1.165) is 11.1 Å². The van der Waals surface area contributed by atoms with E-state index in [1.54, 1.807) is 0 Å². The number of benzene rings is 2. The molecule has 2 aromatic rings. The smallest absolute Gasteiger partial charge is 0.0955 e. The molecule has 0 unspecified atom stereocenters. The van der Waals surface area contributed by atoms with Crippen LogP contribution in [-0.4, -0.2) is 35.1 Å². The molecule has 4 heteroatoms. The van der Waals surface area contributed by atoms with Crippen molar-refractivity contribution >= 4 is 0 Å². The molecule has 3 atom stereocenters. The normalized spacial score (nSPS) is 26.0.